The highest BCUT2D eigenvalue weighted by Crippen LogP contribution is 2.23. The zero-order valence-electron chi connectivity index (χ0n) is 12.5. The fraction of sp³-hybridized carbons (Fsp3) is 0.625. The molecule has 2 nitrogen and oxygen atoms in total. The highest BCUT2D eigenvalue weighted by Gasteiger charge is 2.27. The van der Waals surface area contributed by atoms with Crippen LogP contribution in [0.5, 0.6) is 0 Å². The van der Waals surface area contributed by atoms with E-state index in [2.05, 4.69) is 46.9 Å². The summed E-state index contributed by atoms with van der Waals surface area (Å²) in [5.41, 5.74) is 1.27. The molecule has 4 heteroatoms. The SMILES string of the molecule is CC(C)(C)C1CN(Cc2cc(F)cc(Br)c2)CCCN1. The Morgan fingerprint density at radius 1 is 1.35 bits per heavy atom. The molecule has 1 aromatic carbocycles. The number of benzene rings is 1. The molecule has 0 saturated carbocycles. The highest BCUT2D eigenvalue weighted by atomic mass is 79.9. The number of hydrogen-bond donors (Lipinski definition) is 1. The van der Waals surface area contributed by atoms with Crippen LogP contribution in [0, 0.1) is 11.2 Å². The van der Waals surface area contributed by atoms with E-state index in [1.165, 1.54) is 6.07 Å². The van der Waals surface area contributed by atoms with Crippen molar-refractivity contribution in [2.24, 2.45) is 5.41 Å². The first-order valence-corrected chi connectivity index (χ1v) is 8.04. The molecule has 0 amide bonds. The quantitative estimate of drug-likeness (QED) is 0.879. The highest BCUT2D eigenvalue weighted by molar-refractivity contribution is 9.10. The van der Waals surface area contributed by atoms with Gasteiger partial charge in [-0.2, -0.15) is 0 Å². The Labute approximate surface area is 129 Å². The first-order chi connectivity index (χ1) is 9.34. The topological polar surface area (TPSA) is 15.3 Å². The van der Waals surface area contributed by atoms with Crippen molar-refractivity contribution in [3.63, 3.8) is 0 Å². The molecule has 1 saturated heterocycles. The average molecular weight is 343 g/mol. The van der Waals surface area contributed by atoms with Crippen molar-refractivity contribution >= 4 is 15.9 Å². The Balaban J connectivity index is 2.07. The summed E-state index contributed by atoms with van der Waals surface area (Å²) in [6, 6.07) is 5.62. The average Bonchev–Trinajstić information content (AvgIpc) is 2.52. The number of hydrogen-bond acceptors (Lipinski definition) is 2. The van der Waals surface area contributed by atoms with Gasteiger partial charge in [-0.25, -0.2) is 4.39 Å². The fourth-order valence-corrected chi connectivity index (χ4v) is 3.19. The van der Waals surface area contributed by atoms with Crippen LogP contribution in [0.1, 0.15) is 32.8 Å². The Bertz CT molecular complexity index is 436. The lowest BCUT2D eigenvalue weighted by molar-refractivity contribution is 0.192. The summed E-state index contributed by atoms with van der Waals surface area (Å²) in [6.07, 6.45) is 1.14. The monoisotopic (exact) mass is 342 g/mol. The number of rotatable bonds is 2. The maximum atomic E-state index is 13.5. The molecule has 1 heterocycles. The van der Waals surface area contributed by atoms with Crippen LogP contribution in [0.4, 0.5) is 4.39 Å². The van der Waals surface area contributed by atoms with Crippen LogP contribution in [-0.4, -0.2) is 30.6 Å². The second-order valence-corrected chi connectivity index (χ2v) is 7.65. The minimum Gasteiger partial charge on any atom is -0.312 e. The van der Waals surface area contributed by atoms with Crippen molar-refractivity contribution in [3.8, 4) is 0 Å². The minimum absolute atomic E-state index is 0.172. The lowest BCUT2D eigenvalue weighted by atomic mass is 9.86. The van der Waals surface area contributed by atoms with Crippen LogP contribution >= 0.6 is 15.9 Å². The van der Waals surface area contributed by atoms with Crippen molar-refractivity contribution < 1.29 is 4.39 Å². The van der Waals surface area contributed by atoms with E-state index in [-0.39, 0.29) is 11.2 Å². The van der Waals surface area contributed by atoms with Gasteiger partial charge < -0.3 is 5.32 Å². The van der Waals surface area contributed by atoms with E-state index in [1.807, 2.05) is 6.07 Å². The maximum Gasteiger partial charge on any atom is 0.124 e. The van der Waals surface area contributed by atoms with Crippen LogP contribution in [0.25, 0.3) is 0 Å². The molecule has 1 fully saturated rings. The Hall–Kier alpha value is -0.450. The van der Waals surface area contributed by atoms with Crippen molar-refractivity contribution in [1.82, 2.24) is 10.2 Å². The van der Waals surface area contributed by atoms with E-state index in [0.29, 0.717) is 6.04 Å². The summed E-state index contributed by atoms with van der Waals surface area (Å²) >= 11 is 3.37. The molecule has 1 atom stereocenters. The van der Waals surface area contributed by atoms with Gasteiger partial charge in [0.25, 0.3) is 0 Å². The van der Waals surface area contributed by atoms with Gasteiger partial charge in [0.2, 0.25) is 0 Å². The van der Waals surface area contributed by atoms with Gasteiger partial charge in [-0.05, 0) is 48.7 Å². The minimum atomic E-state index is -0.172. The number of nitrogens with one attached hydrogen (secondary N) is 1. The number of nitrogens with zero attached hydrogens (tertiary/aromatic N) is 1. The second kappa shape index (κ2) is 6.54. The molecule has 1 unspecified atom stereocenters. The van der Waals surface area contributed by atoms with Gasteiger partial charge in [-0.1, -0.05) is 36.7 Å². The largest absolute Gasteiger partial charge is 0.312 e. The first-order valence-electron chi connectivity index (χ1n) is 7.25. The Kier molecular flexibility index (Phi) is 5.21. The van der Waals surface area contributed by atoms with Gasteiger partial charge in [0, 0.05) is 23.6 Å². The van der Waals surface area contributed by atoms with E-state index >= 15 is 0 Å². The summed E-state index contributed by atoms with van der Waals surface area (Å²) in [7, 11) is 0. The molecule has 2 rings (SSSR count). The summed E-state index contributed by atoms with van der Waals surface area (Å²) in [5, 5.41) is 3.64. The zero-order valence-corrected chi connectivity index (χ0v) is 14.1. The van der Waals surface area contributed by atoms with Crippen molar-refractivity contribution in [2.75, 3.05) is 19.6 Å². The van der Waals surface area contributed by atoms with Crippen molar-refractivity contribution in [3.05, 3.63) is 34.1 Å². The second-order valence-electron chi connectivity index (χ2n) is 6.74. The maximum absolute atomic E-state index is 13.5. The zero-order chi connectivity index (χ0) is 14.8. The molecule has 0 aliphatic carbocycles. The van der Waals surface area contributed by atoms with E-state index in [9.17, 15) is 4.39 Å². The van der Waals surface area contributed by atoms with Crippen LogP contribution in [0.2, 0.25) is 0 Å². The molecule has 0 bridgehead atoms. The van der Waals surface area contributed by atoms with Crippen LogP contribution in [0.15, 0.2) is 22.7 Å². The third-order valence-corrected chi connectivity index (χ3v) is 4.31. The summed E-state index contributed by atoms with van der Waals surface area (Å²) in [6.45, 7) is 10.8. The molecule has 1 aromatic rings. The third kappa shape index (κ3) is 4.54. The van der Waals surface area contributed by atoms with E-state index < -0.39 is 0 Å². The summed E-state index contributed by atoms with van der Waals surface area (Å²) < 4.78 is 14.3. The Morgan fingerprint density at radius 3 is 2.75 bits per heavy atom. The summed E-state index contributed by atoms with van der Waals surface area (Å²) in [4.78, 5) is 2.43. The molecular weight excluding hydrogens is 319 g/mol. The molecule has 1 aliphatic rings. The molecule has 0 spiro atoms. The standard InChI is InChI=1S/C16H24BrFN2/c1-16(2,3)15-11-20(6-4-5-19-15)10-12-7-13(17)9-14(18)8-12/h7-9,15,19H,4-6,10-11H2,1-3H3. The van der Waals surface area contributed by atoms with Gasteiger partial charge in [0.1, 0.15) is 5.82 Å². The van der Waals surface area contributed by atoms with Gasteiger partial charge >= 0.3 is 0 Å². The van der Waals surface area contributed by atoms with Gasteiger partial charge in [0.05, 0.1) is 0 Å². The van der Waals surface area contributed by atoms with Crippen molar-refractivity contribution in [1.29, 1.82) is 0 Å². The lowest BCUT2D eigenvalue weighted by Crippen LogP contribution is -2.46. The third-order valence-electron chi connectivity index (χ3n) is 3.86. The van der Waals surface area contributed by atoms with E-state index in [1.54, 1.807) is 6.07 Å². The molecule has 0 radical (unpaired) electrons. The van der Waals surface area contributed by atoms with Gasteiger partial charge in [-0.3, -0.25) is 4.90 Å². The van der Waals surface area contributed by atoms with Gasteiger partial charge in [0.15, 0.2) is 0 Å². The Morgan fingerprint density at radius 2 is 2.10 bits per heavy atom. The molecular formula is C16H24BrFN2. The lowest BCUT2D eigenvalue weighted by Gasteiger charge is -2.33. The van der Waals surface area contributed by atoms with Crippen LogP contribution < -0.4 is 5.32 Å². The first kappa shape index (κ1) is 15.9. The smallest absolute Gasteiger partial charge is 0.124 e. The van der Waals surface area contributed by atoms with Crippen LogP contribution in [-0.2, 0) is 6.54 Å². The van der Waals surface area contributed by atoms with E-state index in [4.69, 9.17) is 0 Å². The fourth-order valence-electron chi connectivity index (χ4n) is 2.68. The van der Waals surface area contributed by atoms with Gasteiger partial charge in [-0.15, -0.1) is 0 Å². The van der Waals surface area contributed by atoms with Crippen LogP contribution in [0.3, 0.4) is 0 Å². The van der Waals surface area contributed by atoms with Crippen molar-refractivity contribution in [2.45, 2.75) is 39.8 Å². The predicted molar refractivity (Wildman–Crippen MR) is 85.2 cm³/mol. The normalized spacial score (nSPS) is 21.8. The molecule has 1 aliphatic heterocycles. The molecule has 20 heavy (non-hydrogen) atoms. The summed E-state index contributed by atoms with van der Waals surface area (Å²) in [5.74, 6) is -0.172. The molecule has 0 aromatic heterocycles. The predicted octanol–water partition coefficient (Wildman–Crippen LogP) is 3.80. The van der Waals surface area contributed by atoms with E-state index in [0.717, 1.165) is 42.6 Å². The molecule has 1 N–H and O–H groups in total. The number of halogens is 2. The molecule has 112 valence electrons.